The molecule has 0 N–H and O–H groups in total. The van der Waals surface area contributed by atoms with E-state index in [9.17, 15) is 4.79 Å². The van der Waals surface area contributed by atoms with Crippen LogP contribution in [0.1, 0.15) is 66.7 Å². The lowest BCUT2D eigenvalue weighted by atomic mass is 9.63. The first-order valence-corrected chi connectivity index (χ1v) is 16.9. The van der Waals surface area contributed by atoms with Crippen molar-refractivity contribution in [3.8, 4) is 5.75 Å². The molecule has 45 heavy (non-hydrogen) atoms. The molecule has 4 saturated carbocycles. The van der Waals surface area contributed by atoms with Gasteiger partial charge in [-0.3, -0.25) is 4.79 Å². The molecular formula is C39H44N4O2. The van der Waals surface area contributed by atoms with Crippen molar-refractivity contribution in [2.24, 2.45) is 24.3 Å². The number of methoxy groups -OCH3 is 1. The van der Waals surface area contributed by atoms with Crippen LogP contribution in [0.25, 0.3) is 16.7 Å². The molecular weight excluding hydrogens is 556 g/mol. The maximum atomic E-state index is 13.7. The Bertz CT molecular complexity index is 1740. The number of fused-ring (bicyclic) bond motifs is 1. The molecule has 2 bridgehead atoms. The summed E-state index contributed by atoms with van der Waals surface area (Å²) in [5.74, 6) is 3.33. The SMILES string of the molecule is COc1cc(C(=O)N2CC34CC(CC23)C4)cc2nc(/C3=C/C\C=C/C(/C=C/CCc4ccccc4)=C\CN3CC3CC3)n(C)c12. The van der Waals surface area contributed by atoms with Crippen molar-refractivity contribution in [1.82, 2.24) is 19.4 Å². The first-order valence-electron chi connectivity index (χ1n) is 16.9. The zero-order valence-corrected chi connectivity index (χ0v) is 26.6. The molecule has 2 aliphatic heterocycles. The van der Waals surface area contributed by atoms with E-state index in [0.29, 0.717) is 22.8 Å². The summed E-state index contributed by atoms with van der Waals surface area (Å²) < 4.78 is 8.07. The van der Waals surface area contributed by atoms with Crippen LogP contribution in [-0.4, -0.2) is 58.0 Å². The molecule has 6 aliphatic rings. The standard InChI is InChI=1S/C39H44N4O2/c1-41-36-32(21-31(22-34(36)45-2)38(44)43-26-39-23-30(24-39)20-35(39)43)40-37(41)33-15-9-8-14-28(18-19-42(33)25-29-16-17-29)13-7-6-12-27-10-4-3-5-11-27/h3-5,7-8,10-11,13-15,18,21-22,29-30,35H,6,9,12,16-17,19-20,23-26H2,1-2H3/b13-7+,14-8-,28-18-,33-15-. The van der Waals surface area contributed by atoms with E-state index in [1.165, 1.54) is 43.2 Å². The summed E-state index contributed by atoms with van der Waals surface area (Å²) in [5, 5.41) is 0. The van der Waals surface area contributed by atoms with Gasteiger partial charge in [0.2, 0.25) is 0 Å². The average Bonchev–Trinajstić information content (AvgIpc) is 3.63. The molecule has 1 amide bonds. The van der Waals surface area contributed by atoms with Crippen molar-refractivity contribution < 1.29 is 9.53 Å². The smallest absolute Gasteiger partial charge is 0.254 e. The van der Waals surface area contributed by atoms with Crippen LogP contribution in [0, 0.1) is 17.3 Å². The summed E-state index contributed by atoms with van der Waals surface area (Å²) in [6.07, 6.45) is 23.0. The Morgan fingerprint density at radius 2 is 1.98 bits per heavy atom. The van der Waals surface area contributed by atoms with Crippen molar-refractivity contribution in [2.75, 3.05) is 26.7 Å². The van der Waals surface area contributed by atoms with E-state index < -0.39 is 0 Å². The van der Waals surface area contributed by atoms with Crippen LogP contribution in [0.15, 0.2) is 84.5 Å². The van der Waals surface area contributed by atoms with E-state index in [0.717, 1.165) is 73.3 Å². The number of carbonyl (C=O) groups is 1. The zero-order chi connectivity index (χ0) is 30.5. The molecule has 3 heterocycles. The molecule has 1 saturated heterocycles. The lowest BCUT2D eigenvalue weighted by Crippen LogP contribution is -2.64. The highest BCUT2D eigenvalue weighted by molar-refractivity contribution is 6.00. The van der Waals surface area contributed by atoms with Gasteiger partial charge < -0.3 is 19.1 Å². The fraction of sp³-hybridized carbons (Fsp3) is 0.436. The van der Waals surface area contributed by atoms with E-state index >= 15 is 0 Å². The second-order valence-corrected chi connectivity index (χ2v) is 14.1. The van der Waals surface area contributed by atoms with Crippen LogP contribution in [0.5, 0.6) is 5.75 Å². The largest absolute Gasteiger partial charge is 0.494 e. The monoisotopic (exact) mass is 600 g/mol. The number of ether oxygens (including phenoxy) is 1. The number of aromatic nitrogens is 2. The van der Waals surface area contributed by atoms with Crippen LogP contribution in [0.2, 0.25) is 0 Å². The number of carbonyl (C=O) groups excluding carboxylic acids is 1. The number of amides is 1. The molecule has 3 aromatic rings. The summed E-state index contributed by atoms with van der Waals surface area (Å²) >= 11 is 0. The normalized spacial score (nSPS) is 28.7. The first kappa shape index (κ1) is 28.4. The molecule has 9 rings (SSSR count). The minimum absolute atomic E-state index is 0.127. The number of nitrogens with zero attached hydrogens (tertiary/aromatic N) is 4. The Hall–Kier alpha value is -4.06. The van der Waals surface area contributed by atoms with Gasteiger partial charge in [-0.1, -0.05) is 66.8 Å². The summed E-state index contributed by atoms with van der Waals surface area (Å²) in [6.45, 7) is 2.76. The van der Waals surface area contributed by atoms with Gasteiger partial charge in [0.25, 0.3) is 5.91 Å². The average molecular weight is 601 g/mol. The molecule has 5 fully saturated rings. The predicted octanol–water partition coefficient (Wildman–Crippen LogP) is 7.33. The molecule has 1 atom stereocenters. The fourth-order valence-electron chi connectivity index (χ4n) is 8.47. The van der Waals surface area contributed by atoms with Crippen LogP contribution in [0.4, 0.5) is 0 Å². The van der Waals surface area contributed by atoms with Crippen LogP contribution in [0.3, 0.4) is 0 Å². The molecule has 1 unspecified atom stereocenters. The Balaban J connectivity index is 1.06. The van der Waals surface area contributed by atoms with Crippen molar-refractivity contribution in [3.63, 3.8) is 0 Å². The van der Waals surface area contributed by atoms with Gasteiger partial charge in [0, 0.05) is 43.7 Å². The zero-order valence-electron chi connectivity index (χ0n) is 26.6. The molecule has 2 aromatic carbocycles. The highest BCUT2D eigenvalue weighted by atomic mass is 16.5. The van der Waals surface area contributed by atoms with Gasteiger partial charge in [-0.05, 0) is 86.5 Å². The molecule has 1 spiro atoms. The van der Waals surface area contributed by atoms with Crippen LogP contribution in [-0.2, 0) is 13.5 Å². The number of hydrogen-bond donors (Lipinski definition) is 0. The number of likely N-dealkylation sites (tertiary alicyclic amines) is 1. The van der Waals surface area contributed by atoms with E-state index in [2.05, 4.69) is 88.2 Å². The van der Waals surface area contributed by atoms with Crippen molar-refractivity contribution in [2.45, 2.75) is 57.4 Å². The molecule has 6 nitrogen and oxygen atoms in total. The van der Waals surface area contributed by atoms with E-state index in [4.69, 9.17) is 9.72 Å². The summed E-state index contributed by atoms with van der Waals surface area (Å²) in [7, 11) is 3.78. The van der Waals surface area contributed by atoms with E-state index in [1.807, 2.05) is 12.1 Å². The number of rotatable bonds is 9. The van der Waals surface area contributed by atoms with Crippen molar-refractivity contribution in [1.29, 1.82) is 0 Å². The molecule has 4 aliphatic carbocycles. The lowest BCUT2D eigenvalue weighted by molar-refractivity contribution is -0.0552. The summed E-state index contributed by atoms with van der Waals surface area (Å²) in [6, 6.07) is 15.0. The second-order valence-electron chi connectivity index (χ2n) is 14.1. The topological polar surface area (TPSA) is 50.6 Å². The lowest BCUT2D eigenvalue weighted by Gasteiger charge is -2.56. The third kappa shape index (κ3) is 5.22. The quantitative estimate of drug-likeness (QED) is 0.258. The Kier molecular flexibility index (Phi) is 7.19. The highest BCUT2D eigenvalue weighted by Gasteiger charge is 2.67. The fourth-order valence-corrected chi connectivity index (χ4v) is 8.47. The Morgan fingerprint density at radius 1 is 1.13 bits per heavy atom. The maximum Gasteiger partial charge on any atom is 0.254 e. The Morgan fingerprint density at radius 3 is 2.76 bits per heavy atom. The number of benzene rings is 2. The minimum atomic E-state index is 0.127. The number of aryl methyl sites for hydroxylation is 2. The Labute approximate surface area is 266 Å². The van der Waals surface area contributed by atoms with Gasteiger partial charge in [0.15, 0.2) is 5.82 Å². The van der Waals surface area contributed by atoms with Gasteiger partial charge in [-0.25, -0.2) is 4.98 Å². The van der Waals surface area contributed by atoms with Gasteiger partial charge in [-0.15, -0.1) is 0 Å². The first-order chi connectivity index (χ1) is 22.0. The number of imidazole rings is 1. The number of hydrogen-bond acceptors (Lipinski definition) is 4. The van der Waals surface area contributed by atoms with E-state index in [-0.39, 0.29) is 5.91 Å². The van der Waals surface area contributed by atoms with Gasteiger partial charge >= 0.3 is 0 Å². The highest BCUT2D eigenvalue weighted by Crippen LogP contribution is 2.66. The van der Waals surface area contributed by atoms with Gasteiger partial charge in [0.05, 0.1) is 18.3 Å². The summed E-state index contributed by atoms with van der Waals surface area (Å²) in [5.41, 5.74) is 6.66. The van der Waals surface area contributed by atoms with E-state index in [1.54, 1.807) is 7.11 Å². The molecule has 1 aromatic heterocycles. The summed E-state index contributed by atoms with van der Waals surface area (Å²) in [4.78, 5) is 23.6. The molecule has 6 heteroatoms. The third-order valence-electron chi connectivity index (χ3n) is 11.0. The predicted molar refractivity (Wildman–Crippen MR) is 180 cm³/mol. The maximum absolute atomic E-state index is 13.7. The van der Waals surface area contributed by atoms with Gasteiger partial charge in [-0.2, -0.15) is 0 Å². The van der Waals surface area contributed by atoms with Crippen LogP contribution < -0.4 is 4.74 Å². The third-order valence-corrected chi connectivity index (χ3v) is 11.0. The second kappa shape index (κ2) is 11.4. The number of allylic oxidation sites excluding steroid dienone is 6. The van der Waals surface area contributed by atoms with Gasteiger partial charge in [0.1, 0.15) is 11.3 Å². The van der Waals surface area contributed by atoms with Crippen molar-refractivity contribution in [3.05, 3.63) is 101 Å². The minimum Gasteiger partial charge on any atom is -0.494 e. The molecule has 0 radical (unpaired) electrons. The molecule has 232 valence electrons. The van der Waals surface area contributed by atoms with Crippen LogP contribution >= 0.6 is 0 Å². The van der Waals surface area contributed by atoms with Crippen molar-refractivity contribution >= 4 is 22.6 Å².